The largest absolute Gasteiger partial charge is 0.492 e. The van der Waals surface area contributed by atoms with Crippen molar-refractivity contribution in [1.29, 1.82) is 0 Å². The van der Waals surface area contributed by atoms with Gasteiger partial charge >= 0.3 is 5.97 Å². The Morgan fingerprint density at radius 1 is 1.20 bits per heavy atom. The minimum absolute atomic E-state index is 0.0581. The van der Waals surface area contributed by atoms with Gasteiger partial charge in [-0.05, 0) is 30.7 Å². The lowest BCUT2D eigenvalue weighted by Crippen LogP contribution is -2.14. The van der Waals surface area contributed by atoms with Gasteiger partial charge in [0.25, 0.3) is 0 Å². The number of nitrogens with zero attached hydrogens (tertiary/aromatic N) is 1. The topological polar surface area (TPSA) is 82.7 Å². The third-order valence-electron chi connectivity index (χ3n) is 4.47. The van der Waals surface area contributed by atoms with Gasteiger partial charge in [0.15, 0.2) is 17.3 Å². The van der Waals surface area contributed by atoms with Gasteiger partial charge in [0.05, 0.1) is 43.2 Å². The van der Waals surface area contributed by atoms with Gasteiger partial charge < -0.3 is 23.9 Å². The molecule has 0 atom stereocenters. The molecule has 0 aliphatic heterocycles. The predicted molar refractivity (Wildman–Crippen MR) is 111 cm³/mol. The van der Waals surface area contributed by atoms with E-state index in [0.29, 0.717) is 24.1 Å². The first kappa shape index (κ1) is 22.0. The van der Waals surface area contributed by atoms with E-state index < -0.39 is 11.8 Å². The number of H-pyrrole nitrogens is 1. The number of esters is 1. The van der Waals surface area contributed by atoms with Crippen molar-refractivity contribution in [2.45, 2.75) is 6.92 Å². The van der Waals surface area contributed by atoms with E-state index in [1.165, 1.54) is 19.2 Å². The highest BCUT2D eigenvalue weighted by molar-refractivity contribution is 6.32. The lowest BCUT2D eigenvalue weighted by atomic mass is 10.1. The van der Waals surface area contributed by atoms with E-state index in [9.17, 15) is 9.18 Å². The van der Waals surface area contributed by atoms with E-state index in [4.69, 9.17) is 30.5 Å². The van der Waals surface area contributed by atoms with Crippen LogP contribution in [0.3, 0.4) is 0 Å². The molecule has 3 aromatic rings. The van der Waals surface area contributed by atoms with Gasteiger partial charge in [-0.3, -0.25) is 0 Å². The van der Waals surface area contributed by atoms with Crippen LogP contribution < -0.4 is 4.74 Å². The van der Waals surface area contributed by atoms with E-state index in [-0.39, 0.29) is 40.9 Å². The van der Waals surface area contributed by atoms with Crippen LogP contribution in [0.25, 0.3) is 22.2 Å². The van der Waals surface area contributed by atoms with Gasteiger partial charge in [-0.1, -0.05) is 11.6 Å². The van der Waals surface area contributed by atoms with E-state index in [2.05, 4.69) is 9.97 Å². The van der Waals surface area contributed by atoms with Crippen LogP contribution in [0.4, 0.5) is 4.39 Å². The van der Waals surface area contributed by atoms with Gasteiger partial charge in [-0.2, -0.15) is 0 Å². The Labute approximate surface area is 178 Å². The maximum atomic E-state index is 14.9. The van der Waals surface area contributed by atoms with Gasteiger partial charge in [0.2, 0.25) is 0 Å². The van der Waals surface area contributed by atoms with Crippen molar-refractivity contribution in [3.05, 3.63) is 46.5 Å². The van der Waals surface area contributed by atoms with Crippen LogP contribution in [-0.2, 0) is 14.2 Å². The van der Waals surface area contributed by atoms with Crippen molar-refractivity contribution in [2.75, 3.05) is 40.6 Å². The van der Waals surface area contributed by atoms with Crippen molar-refractivity contribution in [1.82, 2.24) is 9.97 Å². The fraction of sp³-hybridized carbons (Fsp3) is 0.333. The zero-order valence-electron chi connectivity index (χ0n) is 16.9. The highest BCUT2D eigenvalue weighted by Crippen LogP contribution is 2.35. The number of halogens is 2. The summed E-state index contributed by atoms with van der Waals surface area (Å²) in [7, 11) is 2.90. The van der Waals surface area contributed by atoms with Crippen LogP contribution >= 0.6 is 11.6 Å². The summed E-state index contributed by atoms with van der Waals surface area (Å²) in [5.41, 5.74) is 1.95. The standard InChI is InChI=1S/C21H22ClFN2O5/c1-12-11-24-16-10-15(13-4-5-14(22)20(28-3)18(13)23)25-19(17(12)16)21(26)30-9-8-29-7-6-27-2/h4-5,10-11,24H,6-9H2,1-3H3. The van der Waals surface area contributed by atoms with Crippen molar-refractivity contribution >= 4 is 28.5 Å². The fourth-order valence-corrected chi connectivity index (χ4v) is 3.25. The number of carbonyl (C=O) groups is 1. The van der Waals surface area contributed by atoms with Crippen LogP contribution in [-0.4, -0.2) is 56.6 Å². The van der Waals surface area contributed by atoms with Gasteiger partial charge in [-0.15, -0.1) is 0 Å². The quantitative estimate of drug-likeness (QED) is 0.400. The second-order valence-electron chi connectivity index (χ2n) is 6.43. The van der Waals surface area contributed by atoms with E-state index >= 15 is 0 Å². The molecule has 30 heavy (non-hydrogen) atoms. The molecule has 2 aromatic heterocycles. The molecule has 1 N–H and O–H groups in total. The molecule has 0 saturated carbocycles. The normalized spacial score (nSPS) is 11.1. The number of aromatic nitrogens is 2. The molecule has 7 nitrogen and oxygen atoms in total. The zero-order valence-corrected chi connectivity index (χ0v) is 17.6. The van der Waals surface area contributed by atoms with Crippen LogP contribution in [0, 0.1) is 12.7 Å². The zero-order chi connectivity index (χ0) is 21.7. The number of nitrogens with one attached hydrogen (secondary N) is 1. The molecule has 1 aromatic carbocycles. The molecule has 0 spiro atoms. The lowest BCUT2D eigenvalue weighted by molar-refractivity contribution is 0.0211. The first-order chi connectivity index (χ1) is 14.5. The number of methoxy groups -OCH3 is 2. The highest BCUT2D eigenvalue weighted by Gasteiger charge is 2.21. The minimum Gasteiger partial charge on any atom is -0.492 e. The molecular formula is C21H22ClFN2O5. The molecule has 9 heteroatoms. The summed E-state index contributed by atoms with van der Waals surface area (Å²) in [6.45, 7) is 2.99. The van der Waals surface area contributed by atoms with E-state index in [0.717, 1.165) is 5.56 Å². The summed E-state index contributed by atoms with van der Waals surface area (Å²) < 4.78 is 35.4. The van der Waals surface area contributed by atoms with E-state index in [1.54, 1.807) is 19.4 Å². The average molecular weight is 437 g/mol. The molecule has 3 rings (SSSR count). The molecule has 160 valence electrons. The second-order valence-corrected chi connectivity index (χ2v) is 6.84. The first-order valence-corrected chi connectivity index (χ1v) is 9.60. The van der Waals surface area contributed by atoms with Crippen molar-refractivity contribution in [2.24, 2.45) is 0 Å². The monoisotopic (exact) mass is 436 g/mol. The van der Waals surface area contributed by atoms with Crippen molar-refractivity contribution < 1.29 is 28.1 Å². The average Bonchev–Trinajstić information content (AvgIpc) is 3.11. The molecule has 0 bridgehead atoms. The molecule has 0 fully saturated rings. The Morgan fingerprint density at radius 2 is 1.97 bits per heavy atom. The summed E-state index contributed by atoms with van der Waals surface area (Å²) in [4.78, 5) is 20.2. The predicted octanol–water partition coefficient (Wildman–Crippen LogP) is 4.16. The molecule has 0 aliphatic rings. The second kappa shape index (κ2) is 9.88. The Bertz CT molecular complexity index is 1050. The number of pyridine rings is 1. The van der Waals surface area contributed by atoms with Gasteiger partial charge in [0, 0.05) is 24.3 Å². The number of hydrogen-bond donors (Lipinski definition) is 1. The summed E-state index contributed by atoms with van der Waals surface area (Å²) in [6, 6.07) is 4.67. The third-order valence-corrected chi connectivity index (χ3v) is 4.77. The van der Waals surface area contributed by atoms with Gasteiger partial charge in [0.1, 0.15) is 6.61 Å². The number of hydrogen-bond acceptors (Lipinski definition) is 6. The SMILES string of the molecule is COCCOCCOC(=O)c1nc(-c2ccc(Cl)c(OC)c2F)cc2[nH]cc(C)c12. The maximum Gasteiger partial charge on any atom is 0.357 e. The summed E-state index contributed by atoms with van der Waals surface area (Å²) in [5.74, 6) is -1.37. The van der Waals surface area contributed by atoms with Crippen molar-refractivity contribution in [3.8, 4) is 17.0 Å². The summed E-state index contributed by atoms with van der Waals surface area (Å²) >= 11 is 5.99. The van der Waals surface area contributed by atoms with E-state index in [1.807, 2.05) is 6.92 Å². The molecule has 0 amide bonds. The van der Waals surface area contributed by atoms with Gasteiger partial charge in [-0.25, -0.2) is 14.2 Å². The number of rotatable bonds is 9. The number of fused-ring (bicyclic) bond motifs is 1. The smallest absolute Gasteiger partial charge is 0.357 e. The Morgan fingerprint density at radius 3 is 2.70 bits per heavy atom. The molecular weight excluding hydrogens is 415 g/mol. The van der Waals surface area contributed by atoms with Crippen LogP contribution in [0.1, 0.15) is 16.1 Å². The number of carbonyl (C=O) groups excluding carboxylic acids is 1. The summed E-state index contributed by atoms with van der Waals surface area (Å²) in [6.07, 6.45) is 1.75. The lowest BCUT2D eigenvalue weighted by Gasteiger charge is -2.11. The van der Waals surface area contributed by atoms with Crippen LogP contribution in [0.5, 0.6) is 5.75 Å². The molecule has 0 unspecified atom stereocenters. The molecule has 2 heterocycles. The molecule has 0 saturated heterocycles. The fourth-order valence-electron chi connectivity index (χ4n) is 3.03. The maximum absolute atomic E-state index is 14.9. The number of benzene rings is 1. The minimum atomic E-state index is -0.661. The Hall–Kier alpha value is -2.68. The highest BCUT2D eigenvalue weighted by atomic mass is 35.5. The molecule has 0 aliphatic carbocycles. The molecule has 0 radical (unpaired) electrons. The number of aromatic amines is 1. The summed E-state index contributed by atoms with van der Waals surface area (Å²) in [5, 5.41) is 0.758. The van der Waals surface area contributed by atoms with Crippen LogP contribution in [0.2, 0.25) is 5.02 Å². The number of ether oxygens (including phenoxy) is 4. The van der Waals surface area contributed by atoms with Crippen LogP contribution in [0.15, 0.2) is 24.4 Å². The van der Waals surface area contributed by atoms with Crippen molar-refractivity contribution in [3.63, 3.8) is 0 Å². The third kappa shape index (κ3) is 4.56. The Kier molecular flexibility index (Phi) is 7.25. The first-order valence-electron chi connectivity index (χ1n) is 9.22. The Balaban J connectivity index is 1.93. The number of aryl methyl sites for hydroxylation is 1.